The van der Waals surface area contributed by atoms with Gasteiger partial charge in [-0.05, 0) is 6.42 Å². The number of cyclic esters (lactones) is 1. The minimum absolute atomic E-state index is 0.244. The Morgan fingerprint density at radius 1 is 1.36 bits per heavy atom. The van der Waals surface area contributed by atoms with Crippen LogP contribution in [0.5, 0.6) is 0 Å². The molecular formula is C16H18N2O4. The monoisotopic (exact) mass is 302 g/mol. The molecule has 1 saturated heterocycles. The summed E-state index contributed by atoms with van der Waals surface area (Å²) in [7, 11) is 0. The van der Waals surface area contributed by atoms with Crippen molar-refractivity contribution in [2.45, 2.75) is 25.9 Å². The van der Waals surface area contributed by atoms with Gasteiger partial charge in [0.05, 0.1) is 6.54 Å². The van der Waals surface area contributed by atoms with Crippen LogP contribution in [-0.4, -0.2) is 41.9 Å². The highest BCUT2D eigenvalue weighted by Crippen LogP contribution is 2.29. The van der Waals surface area contributed by atoms with E-state index >= 15 is 0 Å². The number of benzene rings is 1. The summed E-state index contributed by atoms with van der Waals surface area (Å²) >= 11 is 0. The highest BCUT2D eigenvalue weighted by molar-refractivity contribution is 6.16. The van der Waals surface area contributed by atoms with E-state index in [1.807, 2.05) is 37.3 Å². The van der Waals surface area contributed by atoms with E-state index in [1.165, 1.54) is 0 Å². The summed E-state index contributed by atoms with van der Waals surface area (Å²) in [6.45, 7) is 2.55. The molecule has 0 aromatic heterocycles. The molecule has 1 fully saturated rings. The van der Waals surface area contributed by atoms with Crippen molar-refractivity contribution in [1.82, 2.24) is 4.90 Å². The zero-order valence-electron chi connectivity index (χ0n) is 12.4. The molecule has 0 bridgehead atoms. The molecule has 0 unspecified atom stereocenters. The van der Waals surface area contributed by atoms with Gasteiger partial charge in [-0.1, -0.05) is 48.8 Å². The third-order valence-electron chi connectivity index (χ3n) is 3.89. The maximum absolute atomic E-state index is 12.8. The number of carbonyl (C=O) groups excluding carboxylic acids is 2. The van der Waals surface area contributed by atoms with Gasteiger partial charge in [0.1, 0.15) is 24.3 Å². The van der Waals surface area contributed by atoms with Gasteiger partial charge in [0, 0.05) is 5.56 Å². The zero-order valence-corrected chi connectivity index (χ0v) is 12.4. The standard InChI is InChI=1S/C16H18N2O4/c1-2-6-12-13(15(19)18-9-10-21-16(18)20)14(17-22-12)11-7-4-3-5-8-11/h3-5,7-8,12-13H,2,6,9-10H2,1H3/t12-,13-/m0/s1. The van der Waals surface area contributed by atoms with Gasteiger partial charge in [-0.3, -0.25) is 4.79 Å². The van der Waals surface area contributed by atoms with Crippen molar-refractivity contribution in [3.63, 3.8) is 0 Å². The van der Waals surface area contributed by atoms with Crippen molar-refractivity contribution in [2.24, 2.45) is 11.1 Å². The average molecular weight is 302 g/mol. The number of carbonyl (C=O) groups is 2. The third kappa shape index (κ3) is 2.56. The van der Waals surface area contributed by atoms with E-state index < -0.39 is 12.0 Å². The van der Waals surface area contributed by atoms with Crippen LogP contribution in [0.2, 0.25) is 0 Å². The van der Waals surface area contributed by atoms with Gasteiger partial charge in [0.2, 0.25) is 5.91 Å². The van der Waals surface area contributed by atoms with E-state index in [1.54, 1.807) is 0 Å². The number of nitrogens with zero attached hydrogens (tertiary/aromatic N) is 2. The molecule has 0 saturated carbocycles. The number of hydrogen-bond donors (Lipinski definition) is 0. The average Bonchev–Trinajstić information content (AvgIpc) is 3.14. The first-order chi connectivity index (χ1) is 10.7. The summed E-state index contributed by atoms with van der Waals surface area (Å²) in [5, 5.41) is 4.12. The molecule has 6 heteroatoms. The molecule has 6 nitrogen and oxygen atoms in total. The smallest absolute Gasteiger partial charge is 0.416 e. The zero-order chi connectivity index (χ0) is 15.5. The molecular weight excluding hydrogens is 284 g/mol. The van der Waals surface area contributed by atoms with Crippen molar-refractivity contribution in [3.05, 3.63) is 35.9 Å². The van der Waals surface area contributed by atoms with Crippen LogP contribution in [0.25, 0.3) is 0 Å². The summed E-state index contributed by atoms with van der Waals surface area (Å²) in [5.74, 6) is -0.853. The number of rotatable bonds is 4. The van der Waals surface area contributed by atoms with Crippen molar-refractivity contribution in [1.29, 1.82) is 0 Å². The molecule has 0 spiro atoms. The molecule has 2 heterocycles. The van der Waals surface area contributed by atoms with Crippen LogP contribution in [-0.2, 0) is 14.4 Å². The Morgan fingerprint density at radius 2 is 2.14 bits per heavy atom. The topological polar surface area (TPSA) is 68.2 Å². The summed E-state index contributed by atoms with van der Waals surface area (Å²) < 4.78 is 4.87. The first-order valence-electron chi connectivity index (χ1n) is 7.49. The molecule has 3 rings (SSSR count). The van der Waals surface area contributed by atoms with Crippen LogP contribution in [0.4, 0.5) is 4.79 Å². The Balaban J connectivity index is 1.89. The predicted octanol–water partition coefficient (Wildman–Crippen LogP) is 2.18. The summed E-state index contributed by atoms with van der Waals surface area (Å²) in [6, 6.07) is 9.45. The number of hydrogen-bond acceptors (Lipinski definition) is 5. The summed E-state index contributed by atoms with van der Waals surface area (Å²) in [4.78, 5) is 31.1. The molecule has 2 atom stereocenters. The van der Waals surface area contributed by atoms with Crippen molar-refractivity contribution in [2.75, 3.05) is 13.2 Å². The lowest BCUT2D eigenvalue weighted by molar-refractivity contribution is -0.132. The Kier molecular flexibility index (Phi) is 4.09. The number of ether oxygens (including phenoxy) is 1. The second-order valence-corrected chi connectivity index (χ2v) is 5.36. The van der Waals surface area contributed by atoms with E-state index in [4.69, 9.17) is 9.57 Å². The van der Waals surface area contributed by atoms with E-state index in [9.17, 15) is 9.59 Å². The van der Waals surface area contributed by atoms with Crippen LogP contribution in [0.15, 0.2) is 35.5 Å². The van der Waals surface area contributed by atoms with Crippen molar-refractivity contribution < 1.29 is 19.2 Å². The fourth-order valence-corrected chi connectivity index (χ4v) is 2.80. The summed E-state index contributed by atoms with van der Waals surface area (Å²) in [5.41, 5.74) is 1.43. The van der Waals surface area contributed by atoms with Gasteiger partial charge in [0.25, 0.3) is 0 Å². The molecule has 1 aromatic carbocycles. The Labute approximate surface area is 128 Å². The van der Waals surface area contributed by atoms with Crippen molar-refractivity contribution in [3.8, 4) is 0 Å². The lowest BCUT2D eigenvalue weighted by Crippen LogP contribution is -2.43. The van der Waals surface area contributed by atoms with E-state index in [-0.39, 0.29) is 25.2 Å². The largest absolute Gasteiger partial charge is 0.447 e. The molecule has 0 radical (unpaired) electrons. The summed E-state index contributed by atoms with van der Waals surface area (Å²) in [6.07, 6.45) is 0.663. The van der Waals surface area contributed by atoms with Gasteiger partial charge in [-0.15, -0.1) is 0 Å². The maximum Gasteiger partial charge on any atom is 0.416 e. The van der Waals surface area contributed by atoms with Crippen LogP contribution in [0.1, 0.15) is 25.3 Å². The Hall–Kier alpha value is -2.37. The van der Waals surface area contributed by atoms with Gasteiger partial charge >= 0.3 is 6.09 Å². The van der Waals surface area contributed by atoms with Crippen molar-refractivity contribution >= 4 is 17.7 Å². The minimum Gasteiger partial charge on any atom is -0.447 e. The van der Waals surface area contributed by atoms with Crippen LogP contribution in [0.3, 0.4) is 0 Å². The quantitative estimate of drug-likeness (QED) is 0.855. The first kappa shape index (κ1) is 14.6. The lowest BCUT2D eigenvalue weighted by atomic mass is 9.89. The fourth-order valence-electron chi connectivity index (χ4n) is 2.80. The minimum atomic E-state index is -0.584. The van der Waals surface area contributed by atoms with Crippen LogP contribution >= 0.6 is 0 Å². The molecule has 2 aliphatic rings. The molecule has 0 N–H and O–H groups in total. The normalized spacial score (nSPS) is 24.0. The number of imide groups is 1. The second-order valence-electron chi connectivity index (χ2n) is 5.36. The second kappa shape index (κ2) is 6.17. The van der Waals surface area contributed by atoms with Gasteiger partial charge in [0.15, 0.2) is 0 Å². The molecule has 1 aromatic rings. The Morgan fingerprint density at radius 3 is 2.77 bits per heavy atom. The maximum atomic E-state index is 12.8. The highest BCUT2D eigenvalue weighted by Gasteiger charge is 2.44. The number of amides is 2. The van der Waals surface area contributed by atoms with E-state index in [0.717, 1.165) is 16.9 Å². The molecule has 116 valence electrons. The van der Waals surface area contributed by atoms with E-state index in [0.29, 0.717) is 12.1 Å². The highest BCUT2D eigenvalue weighted by atomic mass is 16.6. The molecule has 2 amide bonds. The third-order valence-corrected chi connectivity index (χ3v) is 3.89. The van der Waals surface area contributed by atoms with Gasteiger partial charge < -0.3 is 9.57 Å². The molecule has 22 heavy (non-hydrogen) atoms. The van der Waals surface area contributed by atoms with Gasteiger partial charge in [-0.2, -0.15) is 0 Å². The Bertz CT molecular complexity index is 599. The number of oxime groups is 1. The predicted molar refractivity (Wildman–Crippen MR) is 79.3 cm³/mol. The van der Waals surface area contributed by atoms with Crippen LogP contribution in [0, 0.1) is 5.92 Å². The molecule has 0 aliphatic carbocycles. The fraction of sp³-hybridized carbons (Fsp3) is 0.438. The first-order valence-corrected chi connectivity index (χ1v) is 7.49. The van der Waals surface area contributed by atoms with E-state index in [2.05, 4.69) is 5.16 Å². The lowest BCUT2D eigenvalue weighted by Gasteiger charge is -2.21. The van der Waals surface area contributed by atoms with Gasteiger partial charge in [-0.25, -0.2) is 9.69 Å². The van der Waals surface area contributed by atoms with Crippen LogP contribution < -0.4 is 0 Å². The molecule has 2 aliphatic heterocycles. The SMILES string of the molecule is CCC[C@@H]1ON=C(c2ccccc2)[C@H]1C(=O)N1CCOC1=O.